The zero-order valence-corrected chi connectivity index (χ0v) is 12.6. The lowest BCUT2D eigenvalue weighted by Gasteiger charge is -2.24. The Morgan fingerprint density at radius 3 is 1.91 bits per heavy atom. The third kappa shape index (κ3) is 5.47. The maximum Gasteiger partial charge on any atom is 0.313 e. The highest BCUT2D eigenvalue weighted by Gasteiger charge is 2.20. The summed E-state index contributed by atoms with van der Waals surface area (Å²) in [5.74, 6) is -1.12. The standard InChI is InChI=1S/C17H18N4O2/c18-20-19-16(17(22)23)13-21(11-14-7-3-1-4-8-14)12-15-9-5-2-6-10-15/h1-10,16H,11-13H2,(H,22,23)/t16-/m0/s1. The van der Waals surface area contributed by atoms with Gasteiger partial charge in [-0.15, -0.1) is 0 Å². The van der Waals surface area contributed by atoms with Gasteiger partial charge in [-0.05, 0) is 16.7 Å². The van der Waals surface area contributed by atoms with E-state index in [2.05, 4.69) is 10.0 Å². The summed E-state index contributed by atoms with van der Waals surface area (Å²) < 4.78 is 0. The molecule has 2 aromatic carbocycles. The average Bonchev–Trinajstić information content (AvgIpc) is 2.56. The van der Waals surface area contributed by atoms with Gasteiger partial charge in [-0.3, -0.25) is 9.69 Å². The molecule has 0 unspecified atom stereocenters. The molecule has 0 aliphatic rings. The smallest absolute Gasteiger partial charge is 0.313 e. The molecule has 0 bridgehead atoms. The van der Waals surface area contributed by atoms with Crippen LogP contribution in [0.3, 0.4) is 0 Å². The lowest BCUT2D eigenvalue weighted by molar-refractivity contribution is -0.139. The molecule has 2 aromatic rings. The minimum Gasteiger partial charge on any atom is -0.481 e. The molecule has 1 atom stereocenters. The normalized spacial score (nSPS) is 11.7. The Hall–Kier alpha value is -2.82. The van der Waals surface area contributed by atoms with Crippen LogP contribution in [0, 0.1) is 0 Å². The highest BCUT2D eigenvalue weighted by atomic mass is 16.4. The van der Waals surface area contributed by atoms with Gasteiger partial charge in [-0.25, -0.2) is 0 Å². The molecule has 0 aliphatic heterocycles. The second-order valence-electron chi connectivity index (χ2n) is 5.20. The van der Waals surface area contributed by atoms with Crippen molar-refractivity contribution in [3.63, 3.8) is 0 Å². The van der Waals surface area contributed by atoms with Crippen molar-refractivity contribution in [2.75, 3.05) is 6.54 Å². The first-order chi connectivity index (χ1) is 11.2. The number of carboxylic acids is 1. The molecule has 0 fully saturated rings. The summed E-state index contributed by atoms with van der Waals surface area (Å²) in [6, 6.07) is 18.5. The van der Waals surface area contributed by atoms with Gasteiger partial charge < -0.3 is 5.11 Å². The molecule has 1 N–H and O–H groups in total. The van der Waals surface area contributed by atoms with Crippen molar-refractivity contribution in [1.29, 1.82) is 0 Å². The first-order valence-electron chi connectivity index (χ1n) is 7.26. The summed E-state index contributed by atoms with van der Waals surface area (Å²) >= 11 is 0. The summed E-state index contributed by atoms with van der Waals surface area (Å²) in [5.41, 5.74) is 10.7. The Kier molecular flexibility index (Phi) is 6.17. The van der Waals surface area contributed by atoms with Crippen LogP contribution in [-0.2, 0) is 17.9 Å². The summed E-state index contributed by atoms with van der Waals surface area (Å²) in [6.07, 6.45) is 0. The Balaban J connectivity index is 2.16. The summed E-state index contributed by atoms with van der Waals surface area (Å²) in [6.45, 7) is 1.32. The van der Waals surface area contributed by atoms with Crippen LogP contribution in [0.2, 0.25) is 0 Å². The van der Waals surface area contributed by atoms with E-state index in [0.717, 1.165) is 11.1 Å². The summed E-state index contributed by atoms with van der Waals surface area (Å²) in [5, 5.41) is 12.6. The van der Waals surface area contributed by atoms with Crippen molar-refractivity contribution in [3.05, 3.63) is 82.2 Å². The fraction of sp³-hybridized carbons (Fsp3) is 0.235. The molecular formula is C17H18N4O2. The van der Waals surface area contributed by atoms with Gasteiger partial charge in [0.05, 0.1) is 0 Å². The molecular weight excluding hydrogens is 292 g/mol. The van der Waals surface area contributed by atoms with Gasteiger partial charge in [-0.2, -0.15) is 0 Å². The largest absolute Gasteiger partial charge is 0.481 e. The van der Waals surface area contributed by atoms with Crippen LogP contribution in [0.25, 0.3) is 10.4 Å². The lowest BCUT2D eigenvalue weighted by atomic mass is 10.1. The molecule has 6 nitrogen and oxygen atoms in total. The molecule has 6 heteroatoms. The van der Waals surface area contributed by atoms with Gasteiger partial charge in [0.15, 0.2) is 0 Å². The number of benzene rings is 2. The van der Waals surface area contributed by atoms with Gasteiger partial charge in [0.1, 0.15) is 6.04 Å². The highest BCUT2D eigenvalue weighted by Crippen LogP contribution is 2.12. The van der Waals surface area contributed by atoms with Crippen molar-refractivity contribution in [1.82, 2.24) is 4.90 Å². The topological polar surface area (TPSA) is 89.3 Å². The van der Waals surface area contributed by atoms with E-state index in [9.17, 15) is 9.90 Å². The molecule has 0 amide bonds. The van der Waals surface area contributed by atoms with Crippen LogP contribution in [0.4, 0.5) is 0 Å². The van der Waals surface area contributed by atoms with Crippen LogP contribution in [0.1, 0.15) is 11.1 Å². The van der Waals surface area contributed by atoms with E-state index in [0.29, 0.717) is 13.1 Å². The average molecular weight is 310 g/mol. The minimum atomic E-state index is -1.12. The SMILES string of the molecule is [N-]=[N+]=N[C@@H](CN(Cc1ccccc1)Cc1ccccc1)C(=O)O. The van der Waals surface area contributed by atoms with Crippen LogP contribution in [0.15, 0.2) is 65.8 Å². The van der Waals surface area contributed by atoms with Crippen molar-refractivity contribution in [2.24, 2.45) is 5.11 Å². The second-order valence-corrected chi connectivity index (χ2v) is 5.20. The van der Waals surface area contributed by atoms with E-state index in [1.165, 1.54) is 0 Å². The molecule has 23 heavy (non-hydrogen) atoms. The minimum absolute atomic E-state index is 0.156. The molecule has 2 rings (SSSR count). The van der Waals surface area contributed by atoms with Crippen molar-refractivity contribution in [3.8, 4) is 0 Å². The molecule has 0 aliphatic carbocycles. The first-order valence-corrected chi connectivity index (χ1v) is 7.26. The predicted octanol–water partition coefficient (Wildman–Crippen LogP) is 3.45. The Labute approximate surface area is 134 Å². The maximum absolute atomic E-state index is 11.2. The third-order valence-electron chi connectivity index (χ3n) is 3.41. The molecule has 0 radical (unpaired) electrons. The zero-order chi connectivity index (χ0) is 16.5. The van der Waals surface area contributed by atoms with Crippen molar-refractivity contribution in [2.45, 2.75) is 19.1 Å². The van der Waals surface area contributed by atoms with Gasteiger partial charge in [0, 0.05) is 24.5 Å². The number of hydrogen-bond acceptors (Lipinski definition) is 3. The Bertz CT molecular complexity index is 626. The molecule has 0 saturated heterocycles. The van der Waals surface area contributed by atoms with E-state index >= 15 is 0 Å². The summed E-state index contributed by atoms with van der Waals surface area (Å²) in [4.78, 5) is 15.9. The van der Waals surface area contributed by atoms with Gasteiger partial charge in [0.2, 0.25) is 0 Å². The van der Waals surface area contributed by atoms with Crippen molar-refractivity contribution < 1.29 is 9.90 Å². The van der Waals surface area contributed by atoms with E-state index in [-0.39, 0.29) is 6.54 Å². The van der Waals surface area contributed by atoms with Gasteiger partial charge in [-0.1, -0.05) is 65.8 Å². The molecule has 0 heterocycles. The first kappa shape index (κ1) is 16.5. The number of azide groups is 1. The van der Waals surface area contributed by atoms with Crippen LogP contribution >= 0.6 is 0 Å². The number of carbonyl (C=O) groups is 1. The second kappa shape index (κ2) is 8.58. The van der Waals surface area contributed by atoms with E-state index in [1.807, 2.05) is 65.6 Å². The number of rotatable bonds is 8. The van der Waals surface area contributed by atoms with Crippen molar-refractivity contribution >= 4 is 5.97 Å². The maximum atomic E-state index is 11.2. The highest BCUT2D eigenvalue weighted by molar-refractivity contribution is 5.73. The molecule has 0 saturated carbocycles. The zero-order valence-electron chi connectivity index (χ0n) is 12.6. The molecule has 0 aromatic heterocycles. The van der Waals surface area contributed by atoms with E-state index < -0.39 is 12.0 Å². The number of aliphatic carboxylic acids is 1. The number of carboxylic acid groups (broad SMARTS) is 1. The number of hydrogen-bond donors (Lipinski definition) is 1. The van der Waals surface area contributed by atoms with Crippen LogP contribution in [-0.4, -0.2) is 28.6 Å². The lowest BCUT2D eigenvalue weighted by Crippen LogP contribution is -2.35. The van der Waals surface area contributed by atoms with E-state index in [1.54, 1.807) is 0 Å². The monoisotopic (exact) mass is 310 g/mol. The Morgan fingerprint density at radius 2 is 1.52 bits per heavy atom. The van der Waals surface area contributed by atoms with Gasteiger partial charge >= 0.3 is 5.97 Å². The third-order valence-corrected chi connectivity index (χ3v) is 3.41. The number of nitrogens with zero attached hydrogens (tertiary/aromatic N) is 4. The fourth-order valence-corrected chi connectivity index (χ4v) is 2.34. The molecule has 118 valence electrons. The van der Waals surface area contributed by atoms with Gasteiger partial charge in [0.25, 0.3) is 0 Å². The van der Waals surface area contributed by atoms with Crippen LogP contribution < -0.4 is 0 Å². The quantitative estimate of drug-likeness (QED) is 0.460. The predicted molar refractivity (Wildman–Crippen MR) is 87.6 cm³/mol. The van der Waals surface area contributed by atoms with Crippen LogP contribution in [0.5, 0.6) is 0 Å². The Morgan fingerprint density at radius 1 is 1.04 bits per heavy atom. The fourth-order valence-electron chi connectivity index (χ4n) is 2.34. The summed E-state index contributed by atoms with van der Waals surface area (Å²) in [7, 11) is 0. The van der Waals surface area contributed by atoms with E-state index in [4.69, 9.17) is 5.53 Å². The molecule has 0 spiro atoms.